The molecule has 0 radical (unpaired) electrons. The molecule has 1 aliphatic heterocycles. The lowest BCUT2D eigenvalue weighted by molar-refractivity contribution is -0.144. The molecule has 1 atom stereocenters. The maximum atomic E-state index is 12.3. The molecule has 1 unspecified atom stereocenters. The average molecular weight is 290 g/mol. The number of phenolic OH excluding ortho intramolecular Hbond substituents is 1. The molecule has 0 spiro atoms. The molecule has 21 heavy (non-hydrogen) atoms. The monoisotopic (exact) mass is 290 g/mol. The molecule has 0 saturated carbocycles. The van der Waals surface area contributed by atoms with Crippen LogP contribution in [0.2, 0.25) is 0 Å². The second-order valence-corrected chi connectivity index (χ2v) is 5.42. The number of amides is 4. The molecule has 0 aromatic heterocycles. The Morgan fingerprint density at radius 3 is 2.38 bits per heavy atom. The zero-order valence-electron chi connectivity index (χ0n) is 12.0. The lowest BCUT2D eigenvalue weighted by Gasteiger charge is -2.31. The number of nitrogens with one attached hydrogen (secondary N) is 1. The van der Waals surface area contributed by atoms with Crippen LogP contribution < -0.4 is 5.32 Å². The first-order valence-corrected chi connectivity index (χ1v) is 6.84. The van der Waals surface area contributed by atoms with Crippen molar-refractivity contribution in [2.24, 2.45) is 11.8 Å². The van der Waals surface area contributed by atoms with E-state index in [1.807, 2.05) is 0 Å². The first-order chi connectivity index (χ1) is 9.90. The van der Waals surface area contributed by atoms with Crippen LogP contribution in [0.3, 0.4) is 0 Å². The summed E-state index contributed by atoms with van der Waals surface area (Å²) in [6.45, 7) is 3.75. The normalized spacial score (nSPS) is 19.1. The lowest BCUT2D eigenvalue weighted by Crippen LogP contribution is -2.59. The molecule has 0 bridgehead atoms. The maximum Gasteiger partial charge on any atom is 0.330 e. The van der Waals surface area contributed by atoms with E-state index in [0.29, 0.717) is 6.42 Å². The minimum absolute atomic E-state index is 0.163. The zero-order chi connectivity index (χ0) is 15.6. The minimum atomic E-state index is -0.817. The zero-order valence-corrected chi connectivity index (χ0v) is 12.0. The van der Waals surface area contributed by atoms with Gasteiger partial charge in [-0.3, -0.25) is 19.8 Å². The third-order valence-corrected chi connectivity index (χ3v) is 3.52. The van der Waals surface area contributed by atoms with E-state index in [4.69, 9.17) is 0 Å². The summed E-state index contributed by atoms with van der Waals surface area (Å²) in [4.78, 5) is 36.8. The highest BCUT2D eigenvalue weighted by Crippen LogP contribution is 2.19. The predicted molar refractivity (Wildman–Crippen MR) is 75.4 cm³/mol. The minimum Gasteiger partial charge on any atom is -0.508 e. The number of benzene rings is 1. The number of aromatic hydroxyl groups is 1. The van der Waals surface area contributed by atoms with Crippen molar-refractivity contribution in [3.05, 3.63) is 29.8 Å². The van der Waals surface area contributed by atoms with Crippen LogP contribution >= 0.6 is 0 Å². The number of carbonyl (C=O) groups is 3. The van der Waals surface area contributed by atoms with E-state index in [-0.39, 0.29) is 18.2 Å². The number of carbonyl (C=O) groups excluding carboxylic acids is 3. The third kappa shape index (κ3) is 3.21. The summed E-state index contributed by atoms with van der Waals surface area (Å²) in [6.07, 6.45) is 0.471. The molecular formula is C15H18N2O4. The number of hydrogen-bond donors (Lipinski definition) is 2. The molecule has 6 nitrogen and oxygen atoms in total. The van der Waals surface area contributed by atoms with Crippen LogP contribution in [0.5, 0.6) is 5.75 Å². The summed E-state index contributed by atoms with van der Waals surface area (Å²) in [5.74, 6) is -1.79. The van der Waals surface area contributed by atoms with Crippen molar-refractivity contribution >= 4 is 17.8 Å². The summed E-state index contributed by atoms with van der Waals surface area (Å²) >= 11 is 0. The van der Waals surface area contributed by atoms with Gasteiger partial charge < -0.3 is 5.11 Å². The first-order valence-electron chi connectivity index (χ1n) is 6.84. The summed E-state index contributed by atoms with van der Waals surface area (Å²) in [6, 6.07) is 5.89. The van der Waals surface area contributed by atoms with Gasteiger partial charge in [0.2, 0.25) is 11.8 Å². The Kier molecular flexibility index (Phi) is 4.26. The van der Waals surface area contributed by atoms with Gasteiger partial charge in [-0.15, -0.1) is 0 Å². The van der Waals surface area contributed by atoms with Crippen molar-refractivity contribution in [1.82, 2.24) is 10.2 Å². The standard InChI is InChI=1S/C15H18N2O4/c1-9(2)12-13(19)16-15(21)17(14(12)20)8-7-10-3-5-11(18)6-4-10/h3-6,9,12,18H,7-8H2,1-2H3,(H,16,19,21). The Morgan fingerprint density at radius 2 is 1.81 bits per heavy atom. The van der Waals surface area contributed by atoms with Gasteiger partial charge in [0.05, 0.1) is 0 Å². The van der Waals surface area contributed by atoms with E-state index < -0.39 is 23.8 Å². The molecule has 1 heterocycles. The van der Waals surface area contributed by atoms with Gasteiger partial charge in [0.15, 0.2) is 0 Å². The van der Waals surface area contributed by atoms with Gasteiger partial charge in [0.25, 0.3) is 0 Å². The van der Waals surface area contributed by atoms with Crippen molar-refractivity contribution < 1.29 is 19.5 Å². The Bertz CT molecular complexity index is 566. The number of rotatable bonds is 4. The molecular weight excluding hydrogens is 272 g/mol. The number of nitrogens with zero attached hydrogens (tertiary/aromatic N) is 1. The van der Waals surface area contributed by atoms with Crippen molar-refractivity contribution in [2.75, 3.05) is 6.54 Å². The van der Waals surface area contributed by atoms with Gasteiger partial charge in [-0.2, -0.15) is 0 Å². The van der Waals surface area contributed by atoms with Gasteiger partial charge >= 0.3 is 6.03 Å². The number of urea groups is 1. The van der Waals surface area contributed by atoms with Crippen LogP contribution in [0.15, 0.2) is 24.3 Å². The number of imide groups is 2. The smallest absolute Gasteiger partial charge is 0.330 e. The van der Waals surface area contributed by atoms with Crippen molar-refractivity contribution in [3.8, 4) is 5.75 Å². The molecule has 4 amide bonds. The lowest BCUT2D eigenvalue weighted by atomic mass is 9.92. The van der Waals surface area contributed by atoms with Gasteiger partial charge in [-0.1, -0.05) is 26.0 Å². The molecule has 112 valence electrons. The first kappa shape index (κ1) is 15.0. The molecule has 1 fully saturated rings. The summed E-state index contributed by atoms with van der Waals surface area (Å²) < 4.78 is 0. The van der Waals surface area contributed by atoms with E-state index in [9.17, 15) is 19.5 Å². The molecule has 0 aliphatic carbocycles. The fraction of sp³-hybridized carbons (Fsp3) is 0.400. The summed E-state index contributed by atoms with van der Waals surface area (Å²) in [5, 5.41) is 11.4. The van der Waals surface area contributed by atoms with Crippen LogP contribution in [-0.4, -0.2) is 34.4 Å². The molecule has 1 saturated heterocycles. The van der Waals surface area contributed by atoms with E-state index >= 15 is 0 Å². The molecule has 2 rings (SSSR count). The second kappa shape index (κ2) is 5.95. The van der Waals surface area contributed by atoms with E-state index in [1.54, 1.807) is 38.1 Å². The number of hydrogen-bond acceptors (Lipinski definition) is 4. The molecule has 1 aromatic rings. The van der Waals surface area contributed by atoms with Crippen LogP contribution in [-0.2, 0) is 16.0 Å². The Hall–Kier alpha value is -2.37. The fourth-order valence-corrected chi connectivity index (χ4v) is 2.33. The molecule has 6 heteroatoms. The summed E-state index contributed by atoms with van der Waals surface area (Å²) in [5.41, 5.74) is 0.895. The van der Waals surface area contributed by atoms with Crippen LogP contribution in [0.25, 0.3) is 0 Å². The number of phenols is 1. The fourth-order valence-electron chi connectivity index (χ4n) is 2.33. The summed E-state index contributed by atoms with van der Waals surface area (Å²) in [7, 11) is 0. The van der Waals surface area contributed by atoms with Crippen LogP contribution in [0, 0.1) is 11.8 Å². The van der Waals surface area contributed by atoms with Crippen LogP contribution in [0.4, 0.5) is 4.79 Å². The van der Waals surface area contributed by atoms with Gasteiger partial charge in [-0.25, -0.2) is 4.79 Å². The van der Waals surface area contributed by atoms with Gasteiger partial charge in [0.1, 0.15) is 11.7 Å². The van der Waals surface area contributed by atoms with Gasteiger partial charge in [0, 0.05) is 6.54 Å². The van der Waals surface area contributed by atoms with Crippen molar-refractivity contribution in [3.63, 3.8) is 0 Å². The van der Waals surface area contributed by atoms with Crippen molar-refractivity contribution in [2.45, 2.75) is 20.3 Å². The highest BCUT2D eigenvalue weighted by molar-refractivity contribution is 6.16. The molecule has 1 aromatic carbocycles. The Labute approximate surface area is 122 Å². The second-order valence-electron chi connectivity index (χ2n) is 5.42. The highest BCUT2D eigenvalue weighted by atomic mass is 16.3. The van der Waals surface area contributed by atoms with Crippen molar-refractivity contribution in [1.29, 1.82) is 0 Å². The number of barbiturate groups is 1. The average Bonchev–Trinajstić information content (AvgIpc) is 2.39. The quantitative estimate of drug-likeness (QED) is 0.818. The third-order valence-electron chi connectivity index (χ3n) is 3.52. The largest absolute Gasteiger partial charge is 0.508 e. The van der Waals surface area contributed by atoms with Crippen LogP contribution in [0.1, 0.15) is 19.4 Å². The Morgan fingerprint density at radius 1 is 1.19 bits per heavy atom. The van der Waals surface area contributed by atoms with E-state index in [2.05, 4.69) is 5.32 Å². The topological polar surface area (TPSA) is 86.7 Å². The SMILES string of the molecule is CC(C)C1C(=O)NC(=O)N(CCc2ccc(O)cc2)C1=O. The molecule has 2 N–H and O–H groups in total. The van der Waals surface area contributed by atoms with E-state index in [1.165, 1.54) is 0 Å². The highest BCUT2D eigenvalue weighted by Gasteiger charge is 2.41. The van der Waals surface area contributed by atoms with E-state index in [0.717, 1.165) is 10.5 Å². The Balaban J connectivity index is 2.07. The molecule has 1 aliphatic rings. The predicted octanol–water partition coefficient (Wildman–Crippen LogP) is 1.29. The maximum absolute atomic E-state index is 12.3. The van der Waals surface area contributed by atoms with Gasteiger partial charge in [-0.05, 0) is 30.0 Å².